The monoisotopic (exact) mass is 635 g/mol. The predicted molar refractivity (Wildman–Crippen MR) is 174 cm³/mol. The molecule has 4 aromatic carbocycles. The van der Waals surface area contributed by atoms with Crippen LogP contribution >= 0.6 is 11.9 Å². The Kier molecular flexibility index (Phi) is 8.37. The third-order valence-corrected chi connectivity index (χ3v) is 9.81. The highest BCUT2D eigenvalue weighted by atomic mass is 32.2. The average molecular weight is 636 g/mol. The van der Waals surface area contributed by atoms with Crippen LogP contribution in [-0.2, 0) is 4.74 Å². The second-order valence-electron chi connectivity index (χ2n) is 11.4. The van der Waals surface area contributed by atoms with Gasteiger partial charge in [0.05, 0.1) is 47.1 Å². The normalized spacial score (nSPS) is 14.5. The highest BCUT2D eigenvalue weighted by Crippen LogP contribution is 2.48. The molecule has 1 aliphatic carbocycles. The van der Waals surface area contributed by atoms with Gasteiger partial charge in [0.1, 0.15) is 5.82 Å². The molecule has 5 nitrogen and oxygen atoms in total. The SMILES string of the molecule is COC(=O)c1ccc(-c2cccc(-c3c(-c4c(C#N)cccc4C#N)c4cc(F)ccc4n3SC3CCC(F)(F)CC3)c2)c(C)c1. The molecule has 0 unspecified atom stereocenters. The molecule has 0 amide bonds. The van der Waals surface area contributed by atoms with Crippen molar-refractivity contribution in [1.29, 1.82) is 10.5 Å². The maximum Gasteiger partial charge on any atom is 0.337 e. The second-order valence-corrected chi connectivity index (χ2v) is 12.6. The van der Waals surface area contributed by atoms with Crippen LogP contribution in [0.4, 0.5) is 13.2 Å². The molecule has 9 heteroatoms. The minimum atomic E-state index is -2.70. The number of nitrogens with zero attached hydrogens (tertiary/aromatic N) is 3. The smallest absolute Gasteiger partial charge is 0.337 e. The number of aromatic nitrogens is 1. The molecule has 46 heavy (non-hydrogen) atoms. The van der Waals surface area contributed by atoms with Crippen LogP contribution in [0.5, 0.6) is 0 Å². The van der Waals surface area contributed by atoms with Gasteiger partial charge in [0.15, 0.2) is 0 Å². The van der Waals surface area contributed by atoms with Gasteiger partial charge in [0.2, 0.25) is 5.92 Å². The first-order valence-electron chi connectivity index (χ1n) is 14.8. The summed E-state index contributed by atoms with van der Waals surface area (Å²) in [5.74, 6) is -3.62. The maximum atomic E-state index is 15.0. The number of hydrogen-bond acceptors (Lipinski definition) is 5. The zero-order valence-electron chi connectivity index (χ0n) is 25.1. The van der Waals surface area contributed by atoms with E-state index in [1.807, 2.05) is 41.2 Å². The molecular weight excluding hydrogens is 607 g/mol. The van der Waals surface area contributed by atoms with Crippen LogP contribution in [0.1, 0.15) is 52.7 Å². The van der Waals surface area contributed by atoms with Crippen molar-refractivity contribution in [2.24, 2.45) is 0 Å². The number of ether oxygens (including phenoxy) is 1. The Morgan fingerprint density at radius 3 is 2.24 bits per heavy atom. The Balaban J connectivity index is 1.63. The number of esters is 1. The first-order chi connectivity index (χ1) is 22.1. The lowest BCUT2D eigenvalue weighted by Crippen LogP contribution is -2.26. The zero-order chi connectivity index (χ0) is 32.6. The molecule has 0 saturated heterocycles. The van der Waals surface area contributed by atoms with Crippen molar-refractivity contribution in [3.63, 3.8) is 0 Å². The van der Waals surface area contributed by atoms with E-state index in [1.54, 1.807) is 36.4 Å². The molecule has 0 aliphatic heterocycles. The van der Waals surface area contributed by atoms with Crippen molar-refractivity contribution in [1.82, 2.24) is 3.97 Å². The van der Waals surface area contributed by atoms with Crippen LogP contribution in [0, 0.1) is 35.4 Å². The Labute approximate surface area is 269 Å². The van der Waals surface area contributed by atoms with E-state index in [1.165, 1.54) is 31.2 Å². The summed E-state index contributed by atoms with van der Waals surface area (Å²) in [5.41, 5.74) is 6.43. The van der Waals surface area contributed by atoms with E-state index >= 15 is 0 Å². The third kappa shape index (κ3) is 5.75. The summed E-state index contributed by atoms with van der Waals surface area (Å²) in [6.07, 6.45) is 0.175. The van der Waals surface area contributed by atoms with Gasteiger partial charge in [-0.05, 0) is 96.9 Å². The fourth-order valence-corrected chi connectivity index (χ4v) is 7.52. The van der Waals surface area contributed by atoms with Gasteiger partial charge in [-0.1, -0.05) is 30.3 Å². The molecule has 0 atom stereocenters. The lowest BCUT2D eigenvalue weighted by molar-refractivity contribution is -0.0324. The second kappa shape index (κ2) is 12.4. The number of aryl methyl sites for hydroxylation is 1. The van der Waals surface area contributed by atoms with E-state index < -0.39 is 17.7 Å². The number of carbonyl (C=O) groups is 1. The van der Waals surface area contributed by atoms with E-state index in [0.717, 1.165) is 22.3 Å². The van der Waals surface area contributed by atoms with Crippen molar-refractivity contribution < 1.29 is 22.7 Å². The predicted octanol–water partition coefficient (Wildman–Crippen LogP) is 9.69. The summed E-state index contributed by atoms with van der Waals surface area (Å²) in [4.78, 5) is 12.1. The van der Waals surface area contributed by atoms with Crippen LogP contribution in [-0.4, -0.2) is 28.2 Å². The van der Waals surface area contributed by atoms with Gasteiger partial charge in [-0.2, -0.15) is 10.5 Å². The Hall–Kier alpha value is -4.99. The van der Waals surface area contributed by atoms with Crippen LogP contribution in [0.25, 0.3) is 44.4 Å². The molecule has 0 N–H and O–H groups in total. The summed E-state index contributed by atoms with van der Waals surface area (Å²) < 4.78 is 50.1. The molecule has 1 aliphatic rings. The Bertz CT molecular complexity index is 2050. The van der Waals surface area contributed by atoms with Gasteiger partial charge < -0.3 is 4.74 Å². The molecule has 5 aromatic rings. The molecule has 0 spiro atoms. The fraction of sp³-hybridized carbons (Fsp3) is 0.216. The van der Waals surface area contributed by atoms with Gasteiger partial charge in [-0.15, -0.1) is 0 Å². The van der Waals surface area contributed by atoms with Crippen molar-refractivity contribution in [3.8, 4) is 45.6 Å². The largest absolute Gasteiger partial charge is 0.465 e. The number of rotatable bonds is 6. The summed E-state index contributed by atoms with van der Waals surface area (Å²) in [6, 6.07) is 26.7. The minimum Gasteiger partial charge on any atom is -0.465 e. The molecule has 6 rings (SSSR count). The molecule has 1 fully saturated rings. The number of methoxy groups -OCH3 is 1. The highest BCUT2D eigenvalue weighted by molar-refractivity contribution is 7.98. The number of fused-ring (bicyclic) bond motifs is 1. The molecule has 230 valence electrons. The quantitative estimate of drug-likeness (QED) is 0.174. The molecule has 0 bridgehead atoms. The number of hydrogen-bond donors (Lipinski definition) is 0. The van der Waals surface area contributed by atoms with Crippen molar-refractivity contribution >= 4 is 28.8 Å². The van der Waals surface area contributed by atoms with E-state index in [9.17, 15) is 28.5 Å². The number of carbonyl (C=O) groups excluding carboxylic acids is 1. The van der Waals surface area contributed by atoms with E-state index in [-0.39, 0.29) is 29.2 Å². The topological polar surface area (TPSA) is 78.8 Å². The lowest BCUT2D eigenvalue weighted by atomic mass is 9.90. The van der Waals surface area contributed by atoms with E-state index in [4.69, 9.17) is 4.74 Å². The van der Waals surface area contributed by atoms with Gasteiger partial charge in [0.25, 0.3) is 0 Å². The maximum absolute atomic E-state index is 15.0. The van der Waals surface area contributed by atoms with Crippen LogP contribution < -0.4 is 0 Å². The lowest BCUT2D eigenvalue weighted by Gasteiger charge is -2.28. The molecule has 1 saturated carbocycles. The molecule has 0 radical (unpaired) electrons. The summed E-state index contributed by atoms with van der Waals surface area (Å²) >= 11 is 1.42. The van der Waals surface area contributed by atoms with Crippen LogP contribution in [0.3, 0.4) is 0 Å². The molecule has 1 aromatic heterocycles. The van der Waals surface area contributed by atoms with Gasteiger partial charge >= 0.3 is 5.97 Å². The molecule has 1 heterocycles. The Morgan fingerprint density at radius 2 is 1.59 bits per heavy atom. The summed E-state index contributed by atoms with van der Waals surface area (Å²) in [7, 11) is 1.33. The summed E-state index contributed by atoms with van der Waals surface area (Å²) in [5, 5.41) is 20.7. The number of nitriles is 2. The average Bonchev–Trinajstić information content (AvgIpc) is 3.37. The highest BCUT2D eigenvalue weighted by Gasteiger charge is 2.36. The first-order valence-corrected chi connectivity index (χ1v) is 15.6. The van der Waals surface area contributed by atoms with Crippen LogP contribution in [0.2, 0.25) is 0 Å². The van der Waals surface area contributed by atoms with E-state index in [0.29, 0.717) is 46.1 Å². The van der Waals surface area contributed by atoms with Crippen LogP contribution in [0.15, 0.2) is 78.9 Å². The van der Waals surface area contributed by atoms with Gasteiger partial charge in [0, 0.05) is 40.2 Å². The molecular formula is C37H28F3N3O2S. The van der Waals surface area contributed by atoms with E-state index in [2.05, 4.69) is 12.1 Å². The van der Waals surface area contributed by atoms with Crippen molar-refractivity contribution in [3.05, 3.63) is 107 Å². The van der Waals surface area contributed by atoms with Crippen molar-refractivity contribution in [2.75, 3.05) is 7.11 Å². The third-order valence-electron chi connectivity index (χ3n) is 8.46. The Morgan fingerprint density at radius 1 is 0.913 bits per heavy atom. The van der Waals surface area contributed by atoms with Gasteiger partial charge in [-0.25, -0.2) is 18.0 Å². The standard InChI is InChI=1S/C37H28F3N3O2S/c1-22-17-25(36(44)45-2)9-11-30(22)23-5-3-6-24(18-23)35-34(33-26(20-41)7-4-8-27(33)21-42)31-19-28(38)10-12-32(31)43(35)46-29-13-15-37(39,40)16-14-29/h3-12,17-19,29H,13-16H2,1-2H3. The number of alkyl halides is 2. The fourth-order valence-electron chi connectivity index (χ4n) is 6.20. The van der Waals surface area contributed by atoms with Crippen molar-refractivity contribution in [2.45, 2.75) is 43.8 Å². The first kappa shape index (κ1) is 31.0. The zero-order valence-corrected chi connectivity index (χ0v) is 25.9. The number of benzene rings is 4. The number of halogens is 3. The summed E-state index contributed by atoms with van der Waals surface area (Å²) in [6.45, 7) is 1.90. The van der Waals surface area contributed by atoms with Gasteiger partial charge in [-0.3, -0.25) is 3.97 Å². The minimum absolute atomic E-state index is 0.134.